The number of rotatable bonds is 10. The van der Waals surface area contributed by atoms with Gasteiger partial charge >= 0.3 is 0 Å². The summed E-state index contributed by atoms with van der Waals surface area (Å²) in [5.41, 5.74) is 0.0274. The van der Waals surface area contributed by atoms with E-state index in [1.54, 1.807) is 12.1 Å². The number of carbonyl (C=O) groups excluding carboxylic acids is 1. The van der Waals surface area contributed by atoms with Gasteiger partial charge in [-0.3, -0.25) is 9.10 Å². The van der Waals surface area contributed by atoms with Crippen LogP contribution >= 0.6 is 34.8 Å². The fraction of sp³-hybridized carbons (Fsp3) is 0.409. The highest BCUT2D eigenvalue weighted by Gasteiger charge is 2.26. The molecular formula is C22H26Cl3N3O6S2. The molecule has 2 aromatic carbocycles. The van der Waals surface area contributed by atoms with E-state index in [9.17, 15) is 21.6 Å². The van der Waals surface area contributed by atoms with E-state index >= 15 is 0 Å². The zero-order valence-electron chi connectivity index (χ0n) is 19.4. The molecule has 3 rings (SSSR count). The molecule has 36 heavy (non-hydrogen) atoms. The molecule has 0 aromatic heterocycles. The molecule has 1 N–H and O–H groups in total. The van der Waals surface area contributed by atoms with Gasteiger partial charge in [-0.25, -0.2) is 16.8 Å². The van der Waals surface area contributed by atoms with E-state index in [4.69, 9.17) is 39.5 Å². The highest BCUT2D eigenvalue weighted by atomic mass is 35.5. The van der Waals surface area contributed by atoms with Gasteiger partial charge in [0.15, 0.2) is 0 Å². The van der Waals surface area contributed by atoms with Gasteiger partial charge in [-0.05, 0) is 49.2 Å². The molecule has 198 valence electrons. The van der Waals surface area contributed by atoms with Gasteiger partial charge in [0.25, 0.3) is 0 Å². The molecule has 9 nitrogen and oxygen atoms in total. The van der Waals surface area contributed by atoms with Crippen LogP contribution in [0.3, 0.4) is 0 Å². The molecule has 2 aromatic rings. The number of amides is 1. The van der Waals surface area contributed by atoms with Crippen LogP contribution in [0.25, 0.3) is 0 Å². The van der Waals surface area contributed by atoms with Crippen LogP contribution in [0.1, 0.15) is 19.3 Å². The molecule has 1 saturated heterocycles. The van der Waals surface area contributed by atoms with Crippen molar-refractivity contribution < 1.29 is 26.4 Å². The minimum atomic E-state index is -3.86. The number of hydrogen-bond acceptors (Lipinski definition) is 6. The monoisotopic (exact) mass is 597 g/mol. The number of benzene rings is 2. The molecule has 0 atom stereocenters. The Hall–Kier alpha value is -1.76. The van der Waals surface area contributed by atoms with Crippen molar-refractivity contribution in [1.29, 1.82) is 0 Å². The summed E-state index contributed by atoms with van der Waals surface area (Å²) in [6.07, 6.45) is 3.69. The summed E-state index contributed by atoms with van der Waals surface area (Å²) in [5.74, 6) is -0.156. The average molecular weight is 599 g/mol. The van der Waals surface area contributed by atoms with Crippen LogP contribution in [-0.4, -0.2) is 66.1 Å². The third kappa shape index (κ3) is 7.39. The summed E-state index contributed by atoms with van der Waals surface area (Å²) >= 11 is 18.0. The van der Waals surface area contributed by atoms with Gasteiger partial charge in [-0.1, -0.05) is 41.2 Å². The lowest BCUT2D eigenvalue weighted by atomic mass is 10.2. The van der Waals surface area contributed by atoms with E-state index in [1.807, 2.05) is 0 Å². The molecule has 1 aliphatic heterocycles. The number of ether oxygens (including phenoxy) is 1. The zero-order valence-corrected chi connectivity index (χ0v) is 23.3. The van der Waals surface area contributed by atoms with Crippen LogP contribution in [0.2, 0.25) is 15.1 Å². The second-order valence-corrected chi connectivity index (χ2v) is 13.2. The standard InChI is InChI=1S/C22H26Cl3N3O6S2/c1-35(30,31)28(21-14-19(24)18(23)13-20(21)25)15-22(29)26-9-12-34-16-5-7-17(8-6-16)36(32,33)27-10-3-2-4-11-27/h5-8,13-14H,2-4,9-12,15H2,1H3,(H,26,29). The number of sulfonamides is 2. The molecule has 1 amide bonds. The number of hydrogen-bond donors (Lipinski definition) is 1. The Morgan fingerprint density at radius 3 is 2.19 bits per heavy atom. The summed E-state index contributed by atoms with van der Waals surface area (Å²) < 4.78 is 57.9. The van der Waals surface area contributed by atoms with Crippen molar-refractivity contribution in [3.8, 4) is 5.75 Å². The summed E-state index contributed by atoms with van der Waals surface area (Å²) in [6, 6.07) is 8.66. The highest BCUT2D eigenvalue weighted by molar-refractivity contribution is 7.92. The number of nitrogens with zero attached hydrogens (tertiary/aromatic N) is 2. The molecule has 0 bridgehead atoms. The first-order valence-electron chi connectivity index (χ1n) is 11.0. The highest BCUT2D eigenvalue weighted by Crippen LogP contribution is 2.35. The summed E-state index contributed by atoms with van der Waals surface area (Å²) in [5, 5.41) is 2.84. The van der Waals surface area contributed by atoms with Crippen LogP contribution in [0.5, 0.6) is 5.75 Å². The smallest absolute Gasteiger partial charge is 0.243 e. The molecule has 0 unspecified atom stereocenters. The van der Waals surface area contributed by atoms with Crippen molar-refractivity contribution in [2.24, 2.45) is 0 Å². The molecule has 0 aliphatic carbocycles. The molecule has 14 heteroatoms. The number of piperidine rings is 1. The summed E-state index contributed by atoms with van der Waals surface area (Å²) in [6.45, 7) is 0.678. The molecule has 1 aliphatic rings. The van der Waals surface area contributed by atoms with Crippen LogP contribution in [-0.2, 0) is 24.8 Å². The van der Waals surface area contributed by atoms with Crippen LogP contribution < -0.4 is 14.4 Å². The maximum Gasteiger partial charge on any atom is 0.243 e. The first-order valence-corrected chi connectivity index (χ1v) is 15.4. The van der Waals surface area contributed by atoms with E-state index in [2.05, 4.69) is 5.32 Å². The molecule has 0 radical (unpaired) electrons. The van der Waals surface area contributed by atoms with E-state index in [0.717, 1.165) is 29.8 Å². The third-order valence-corrected chi connectivity index (χ3v) is 9.48. The predicted octanol–water partition coefficient (Wildman–Crippen LogP) is 3.78. The van der Waals surface area contributed by atoms with Gasteiger partial charge < -0.3 is 10.1 Å². The Morgan fingerprint density at radius 1 is 0.972 bits per heavy atom. The first-order chi connectivity index (χ1) is 16.9. The van der Waals surface area contributed by atoms with Crippen LogP contribution in [0.4, 0.5) is 5.69 Å². The minimum absolute atomic E-state index is 0.0247. The van der Waals surface area contributed by atoms with E-state index in [1.165, 1.54) is 28.6 Å². The third-order valence-electron chi connectivity index (χ3n) is 5.42. The van der Waals surface area contributed by atoms with Crippen molar-refractivity contribution in [2.75, 3.05) is 43.3 Å². The quantitative estimate of drug-likeness (QED) is 0.329. The predicted molar refractivity (Wildman–Crippen MR) is 141 cm³/mol. The normalized spacial score (nSPS) is 14.9. The molecular weight excluding hydrogens is 573 g/mol. The number of halogens is 3. The Morgan fingerprint density at radius 2 is 1.58 bits per heavy atom. The number of carbonyl (C=O) groups is 1. The number of nitrogens with one attached hydrogen (secondary N) is 1. The van der Waals surface area contributed by atoms with Crippen molar-refractivity contribution in [1.82, 2.24) is 9.62 Å². The average Bonchev–Trinajstić information content (AvgIpc) is 2.83. The summed E-state index contributed by atoms with van der Waals surface area (Å²) in [4.78, 5) is 12.6. The Bertz CT molecular complexity index is 1300. The van der Waals surface area contributed by atoms with Crippen molar-refractivity contribution in [3.63, 3.8) is 0 Å². The molecule has 1 fully saturated rings. The van der Waals surface area contributed by atoms with Crippen molar-refractivity contribution >= 4 is 66.4 Å². The maximum atomic E-state index is 12.7. The second kappa shape index (κ2) is 12.2. The van der Waals surface area contributed by atoms with E-state index < -0.39 is 32.5 Å². The summed E-state index contributed by atoms with van der Waals surface area (Å²) in [7, 11) is -7.39. The topological polar surface area (TPSA) is 113 Å². The molecule has 1 heterocycles. The lowest BCUT2D eigenvalue weighted by Crippen LogP contribution is -2.41. The van der Waals surface area contributed by atoms with Gasteiger partial charge in [0, 0.05) is 13.1 Å². The van der Waals surface area contributed by atoms with E-state index in [-0.39, 0.29) is 38.8 Å². The van der Waals surface area contributed by atoms with Crippen molar-refractivity contribution in [2.45, 2.75) is 24.2 Å². The van der Waals surface area contributed by atoms with Gasteiger partial charge in [0.1, 0.15) is 18.9 Å². The Labute approximate surface area is 226 Å². The fourth-order valence-corrected chi connectivity index (χ4v) is 6.66. The van der Waals surface area contributed by atoms with Gasteiger partial charge in [-0.15, -0.1) is 0 Å². The zero-order chi connectivity index (χ0) is 26.5. The second-order valence-electron chi connectivity index (χ2n) is 8.12. The van der Waals surface area contributed by atoms with Gasteiger partial charge in [0.2, 0.25) is 26.0 Å². The molecule has 0 spiro atoms. The Balaban J connectivity index is 1.53. The molecule has 0 saturated carbocycles. The largest absolute Gasteiger partial charge is 0.492 e. The van der Waals surface area contributed by atoms with E-state index in [0.29, 0.717) is 18.8 Å². The van der Waals surface area contributed by atoms with Crippen molar-refractivity contribution in [3.05, 3.63) is 51.5 Å². The lowest BCUT2D eigenvalue weighted by Gasteiger charge is -2.25. The lowest BCUT2D eigenvalue weighted by molar-refractivity contribution is -0.119. The van der Waals surface area contributed by atoms with Gasteiger partial charge in [-0.2, -0.15) is 4.31 Å². The SMILES string of the molecule is CS(=O)(=O)N(CC(=O)NCCOc1ccc(S(=O)(=O)N2CCCCC2)cc1)c1cc(Cl)c(Cl)cc1Cl. The Kier molecular flexibility index (Phi) is 9.75. The first kappa shape index (κ1) is 28.8. The number of anilines is 1. The van der Waals surface area contributed by atoms with Gasteiger partial charge in [0.05, 0.1) is 38.5 Å². The fourth-order valence-electron chi connectivity index (χ4n) is 3.59. The van der Waals surface area contributed by atoms with Crippen LogP contribution in [0, 0.1) is 0 Å². The minimum Gasteiger partial charge on any atom is -0.492 e. The maximum absolute atomic E-state index is 12.7. The van der Waals surface area contributed by atoms with Crippen LogP contribution in [0.15, 0.2) is 41.3 Å².